The Labute approximate surface area is 137 Å². The molecule has 2 rings (SSSR count). The Morgan fingerprint density at radius 1 is 1.14 bits per heavy atom. The van der Waals surface area contributed by atoms with E-state index >= 15 is 0 Å². The van der Waals surface area contributed by atoms with Crippen LogP contribution in [0, 0.1) is 22.7 Å². The molecule has 0 spiro atoms. The lowest BCUT2D eigenvalue weighted by molar-refractivity contribution is -0.168. The zero-order valence-corrected chi connectivity index (χ0v) is 15.3. The van der Waals surface area contributed by atoms with Gasteiger partial charge in [0.15, 0.2) is 0 Å². The van der Waals surface area contributed by atoms with E-state index in [-0.39, 0.29) is 12.0 Å². The number of allylic oxidation sites excluding steroid dienone is 1. The van der Waals surface area contributed by atoms with Crippen molar-refractivity contribution in [3.05, 3.63) is 11.6 Å². The summed E-state index contributed by atoms with van der Waals surface area (Å²) in [7, 11) is 0. The smallest absolute Gasteiger partial charge is 0.0653 e. The molecule has 2 aliphatic carbocycles. The van der Waals surface area contributed by atoms with Crippen LogP contribution in [0.3, 0.4) is 0 Å². The van der Waals surface area contributed by atoms with Gasteiger partial charge < -0.3 is 10.2 Å². The van der Waals surface area contributed by atoms with Gasteiger partial charge in [0, 0.05) is 0 Å². The molecular weight excluding hydrogens is 272 g/mol. The van der Waals surface area contributed by atoms with Gasteiger partial charge in [-0.2, -0.15) is 0 Å². The minimum Gasteiger partial charge on any atom is -0.392 e. The zero-order valence-electron chi connectivity index (χ0n) is 15.3. The number of rotatable bonds is 4. The lowest BCUT2D eigenvalue weighted by atomic mass is 9.45. The third kappa shape index (κ3) is 3.28. The first-order chi connectivity index (χ1) is 10.1. The molecule has 2 nitrogen and oxygen atoms in total. The fourth-order valence-electron chi connectivity index (χ4n) is 5.90. The molecule has 4 unspecified atom stereocenters. The minimum absolute atomic E-state index is 0.125. The fourth-order valence-corrected chi connectivity index (χ4v) is 5.90. The molecule has 0 radical (unpaired) electrons. The molecule has 0 aromatic rings. The van der Waals surface area contributed by atoms with Gasteiger partial charge in [0.2, 0.25) is 0 Å². The van der Waals surface area contributed by atoms with E-state index in [1.807, 2.05) is 6.08 Å². The zero-order chi connectivity index (χ0) is 16.6. The normalized spacial score (nSPS) is 42.0. The number of hydrogen-bond donors (Lipinski definition) is 2. The van der Waals surface area contributed by atoms with Crippen molar-refractivity contribution in [2.75, 3.05) is 6.61 Å². The fraction of sp³-hybridized carbons (Fsp3) is 0.900. The molecule has 0 saturated heterocycles. The molecule has 2 heteroatoms. The Hall–Kier alpha value is -0.340. The van der Waals surface area contributed by atoms with E-state index in [0.717, 1.165) is 25.2 Å². The van der Waals surface area contributed by atoms with Crippen LogP contribution in [0.4, 0.5) is 0 Å². The Morgan fingerprint density at radius 3 is 2.45 bits per heavy atom. The Morgan fingerprint density at radius 2 is 1.82 bits per heavy atom. The van der Waals surface area contributed by atoms with Crippen LogP contribution >= 0.6 is 0 Å². The highest BCUT2D eigenvalue weighted by Crippen LogP contribution is 2.62. The second-order valence-corrected chi connectivity index (χ2v) is 9.12. The lowest BCUT2D eigenvalue weighted by Crippen LogP contribution is -2.57. The van der Waals surface area contributed by atoms with Crippen molar-refractivity contribution in [2.24, 2.45) is 22.7 Å². The third-order valence-electron chi connectivity index (χ3n) is 7.03. The minimum atomic E-state index is -0.543. The summed E-state index contributed by atoms with van der Waals surface area (Å²) in [5.41, 5.74) is 1.36. The van der Waals surface area contributed by atoms with Gasteiger partial charge in [-0.05, 0) is 75.0 Å². The van der Waals surface area contributed by atoms with E-state index in [1.165, 1.54) is 31.3 Å². The topological polar surface area (TPSA) is 40.5 Å². The molecule has 0 aromatic heterocycles. The summed E-state index contributed by atoms with van der Waals surface area (Å²) in [4.78, 5) is 0. The average Bonchev–Trinajstić information content (AvgIpc) is 2.36. The van der Waals surface area contributed by atoms with E-state index in [2.05, 4.69) is 34.6 Å². The van der Waals surface area contributed by atoms with E-state index in [4.69, 9.17) is 5.11 Å². The average molecular weight is 309 g/mol. The van der Waals surface area contributed by atoms with Gasteiger partial charge >= 0.3 is 0 Å². The van der Waals surface area contributed by atoms with Crippen molar-refractivity contribution >= 4 is 0 Å². The summed E-state index contributed by atoms with van der Waals surface area (Å²) >= 11 is 0. The van der Waals surface area contributed by atoms with E-state index in [9.17, 15) is 5.11 Å². The summed E-state index contributed by atoms with van der Waals surface area (Å²) in [6.07, 6.45) is 9.90. The van der Waals surface area contributed by atoms with Gasteiger partial charge in [-0.1, -0.05) is 38.8 Å². The van der Waals surface area contributed by atoms with Crippen molar-refractivity contribution in [3.8, 4) is 0 Å². The molecule has 0 amide bonds. The summed E-state index contributed by atoms with van der Waals surface area (Å²) < 4.78 is 0. The molecule has 2 saturated carbocycles. The molecule has 2 aliphatic rings. The molecule has 0 aromatic carbocycles. The van der Waals surface area contributed by atoms with Gasteiger partial charge in [0.05, 0.1) is 12.2 Å². The molecule has 4 atom stereocenters. The van der Waals surface area contributed by atoms with Crippen molar-refractivity contribution < 1.29 is 10.2 Å². The van der Waals surface area contributed by atoms with Crippen LogP contribution in [-0.2, 0) is 0 Å². The molecule has 2 fully saturated rings. The molecule has 0 bridgehead atoms. The maximum atomic E-state index is 11.1. The van der Waals surface area contributed by atoms with Crippen LogP contribution in [0.1, 0.15) is 79.6 Å². The second-order valence-electron chi connectivity index (χ2n) is 9.12. The summed E-state index contributed by atoms with van der Waals surface area (Å²) in [5.74, 6) is 1.08. The third-order valence-corrected chi connectivity index (χ3v) is 7.03. The van der Waals surface area contributed by atoms with Crippen molar-refractivity contribution in [2.45, 2.75) is 85.2 Å². The first-order valence-electron chi connectivity index (χ1n) is 9.12. The highest BCUT2D eigenvalue weighted by molar-refractivity contribution is 5.09. The van der Waals surface area contributed by atoms with Gasteiger partial charge in [-0.15, -0.1) is 0 Å². The summed E-state index contributed by atoms with van der Waals surface area (Å²) in [6, 6.07) is 0. The van der Waals surface area contributed by atoms with Crippen LogP contribution in [0.25, 0.3) is 0 Å². The Kier molecular flexibility index (Phi) is 5.14. The summed E-state index contributed by atoms with van der Waals surface area (Å²) in [6.45, 7) is 11.6. The van der Waals surface area contributed by atoms with Gasteiger partial charge in [-0.3, -0.25) is 0 Å². The Balaban J connectivity index is 2.24. The van der Waals surface area contributed by atoms with Gasteiger partial charge in [0.1, 0.15) is 0 Å². The van der Waals surface area contributed by atoms with Crippen molar-refractivity contribution in [1.82, 2.24) is 0 Å². The lowest BCUT2D eigenvalue weighted by Gasteiger charge is -2.61. The SMILES string of the molecule is C/C(=C/CO)CCC1C(C)(O)CCC2C(C)(C)CCCC21C. The highest BCUT2D eigenvalue weighted by Gasteiger charge is 2.57. The van der Waals surface area contributed by atoms with E-state index in [0.29, 0.717) is 11.3 Å². The molecular formula is C20H36O2. The van der Waals surface area contributed by atoms with Crippen LogP contribution in [0.2, 0.25) is 0 Å². The van der Waals surface area contributed by atoms with E-state index < -0.39 is 5.60 Å². The monoisotopic (exact) mass is 308 g/mol. The molecule has 22 heavy (non-hydrogen) atoms. The number of fused-ring (bicyclic) bond motifs is 1. The molecule has 128 valence electrons. The molecule has 0 aliphatic heterocycles. The van der Waals surface area contributed by atoms with Crippen LogP contribution < -0.4 is 0 Å². The predicted molar refractivity (Wildman–Crippen MR) is 92.7 cm³/mol. The van der Waals surface area contributed by atoms with Gasteiger partial charge in [-0.25, -0.2) is 0 Å². The quantitative estimate of drug-likeness (QED) is 0.739. The number of hydrogen-bond acceptors (Lipinski definition) is 2. The second kappa shape index (κ2) is 6.28. The highest BCUT2D eigenvalue weighted by atomic mass is 16.3. The van der Waals surface area contributed by atoms with Crippen LogP contribution in [-0.4, -0.2) is 22.4 Å². The van der Waals surface area contributed by atoms with Crippen LogP contribution in [0.5, 0.6) is 0 Å². The number of aliphatic hydroxyl groups is 2. The first kappa shape index (κ1) is 18.0. The standard InChI is InChI=1S/C20H36O2/c1-15(10-14-21)7-8-17-19(4)12-6-11-18(2,3)16(19)9-13-20(17,5)22/h10,16-17,21-22H,6-9,11-14H2,1-5H3/b15-10-. The number of aliphatic hydroxyl groups excluding tert-OH is 1. The first-order valence-corrected chi connectivity index (χ1v) is 9.12. The van der Waals surface area contributed by atoms with Gasteiger partial charge in [0.25, 0.3) is 0 Å². The maximum absolute atomic E-state index is 11.1. The Bertz CT molecular complexity index is 421. The molecule has 0 heterocycles. The predicted octanol–water partition coefficient (Wildman–Crippen LogP) is 4.70. The summed E-state index contributed by atoms with van der Waals surface area (Å²) in [5, 5.41) is 20.1. The van der Waals surface area contributed by atoms with Crippen molar-refractivity contribution in [3.63, 3.8) is 0 Å². The molecule has 2 N–H and O–H groups in total. The van der Waals surface area contributed by atoms with E-state index in [1.54, 1.807) is 0 Å². The largest absolute Gasteiger partial charge is 0.392 e. The maximum Gasteiger partial charge on any atom is 0.0653 e. The van der Waals surface area contributed by atoms with Crippen molar-refractivity contribution in [1.29, 1.82) is 0 Å². The van der Waals surface area contributed by atoms with Crippen LogP contribution in [0.15, 0.2) is 11.6 Å².